The van der Waals surface area contributed by atoms with Gasteiger partial charge in [-0.2, -0.15) is 0 Å². The Kier molecular flexibility index (Phi) is 5.09. The molecule has 1 unspecified atom stereocenters. The highest BCUT2D eigenvalue weighted by Crippen LogP contribution is 2.36. The van der Waals surface area contributed by atoms with E-state index in [1.165, 1.54) is 15.6 Å². The largest absolute Gasteiger partial charge is 0.375 e. The van der Waals surface area contributed by atoms with E-state index in [9.17, 15) is 8.78 Å². The number of ether oxygens (including phenoxy) is 1. The number of rotatable bonds is 6. The summed E-state index contributed by atoms with van der Waals surface area (Å²) in [6, 6.07) is 8.18. The minimum absolute atomic E-state index is 0.145. The van der Waals surface area contributed by atoms with E-state index in [2.05, 4.69) is 33.4 Å². The number of hydrogen-bond acceptors (Lipinski definition) is 2. The fourth-order valence-electron chi connectivity index (χ4n) is 1.76. The number of thiophene rings is 1. The third-order valence-corrected chi connectivity index (χ3v) is 4.54. The molecule has 0 aliphatic rings. The van der Waals surface area contributed by atoms with E-state index in [1.54, 1.807) is 11.3 Å². The summed E-state index contributed by atoms with van der Waals surface area (Å²) < 4.78 is 30.0. The van der Waals surface area contributed by atoms with E-state index in [0.29, 0.717) is 13.0 Å². The van der Waals surface area contributed by atoms with Crippen LogP contribution >= 0.6 is 27.3 Å². The molecule has 0 fully saturated rings. The van der Waals surface area contributed by atoms with Gasteiger partial charge in [-0.3, -0.25) is 0 Å². The average Bonchev–Trinajstić information content (AvgIpc) is 2.78. The molecule has 2 aromatic rings. The second kappa shape index (κ2) is 6.59. The van der Waals surface area contributed by atoms with Gasteiger partial charge in [0.25, 0.3) is 6.43 Å². The van der Waals surface area contributed by atoms with Gasteiger partial charge in [-0.25, -0.2) is 8.78 Å². The van der Waals surface area contributed by atoms with Crippen molar-refractivity contribution in [3.05, 3.63) is 35.2 Å². The highest BCUT2D eigenvalue weighted by atomic mass is 79.9. The summed E-state index contributed by atoms with van der Waals surface area (Å²) in [5, 5.41) is 3.33. The molecule has 5 heteroatoms. The zero-order valence-electron chi connectivity index (χ0n) is 9.61. The van der Waals surface area contributed by atoms with Gasteiger partial charge in [0, 0.05) is 16.1 Å². The molecule has 18 heavy (non-hydrogen) atoms. The molecule has 98 valence electrons. The van der Waals surface area contributed by atoms with Crippen molar-refractivity contribution in [2.75, 3.05) is 13.2 Å². The van der Waals surface area contributed by atoms with Crippen molar-refractivity contribution in [1.29, 1.82) is 0 Å². The summed E-state index contributed by atoms with van der Waals surface area (Å²) in [6.45, 7) is -0.144. The van der Waals surface area contributed by atoms with Crippen LogP contribution in [0.5, 0.6) is 0 Å². The van der Waals surface area contributed by atoms with Crippen molar-refractivity contribution in [3.63, 3.8) is 0 Å². The first kappa shape index (κ1) is 13.9. The lowest BCUT2D eigenvalue weighted by atomic mass is 10.1. The Labute approximate surface area is 117 Å². The summed E-state index contributed by atoms with van der Waals surface area (Å²) in [6.07, 6.45) is -1.70. The molecule has 1 aromatic carbocycles. The first-order chi connectivity index (χ1) is 8.68. The van der Waals surface area contributed by atoms with E-state index < -0.39 is 13.0 Å². The van der Waals surface area contributed by atoms with Crippen molar-refractivity contribution < 1.29 is 13.5 Å². The summed E-state index contributed by atoms with van der Waals surface area (Å²) in [4.78, 5) is 0.145. The maximum absolute atomic E-state index is 11.9. The Morgan fingerprint density at radius 3 is 2.83 bits per heavy atom. The van der Waals surface area contributed by atoms with Crippen LogP contribution in [0.1, 0.15) is 16.8 Å². The van der Waals surface area contributed by atoms with Crippen LogP contribution in [-0.4, -0.2) is 19.6 Å². The smallest absolute Gasteiger partial charge is 0.261 e. The molecule has 1 aromatic heterocycles. The van der Waals surface area contributed by atoms with Crippen molar-refractivity contribution in [3.8, 4) is 0 Å². The van der Waals surface area contributed by atoms with Crippen LogP contribution in [0.25, 0.3) is 10.1 Å². The topological polar surface area (TPSA) is 9.23 Å². The maximum atomic E-state index is 11.9. The van der Waals surface area contributed by atoms with Crippen molar-refractivity contribution >= 4 is 37.4 Å². The lowest BCUT2D eigenvalue weighted by Gasteiger charge is -2.09. The number of hydrogen-bond donors (Lipinski definition) is 0. The second-order valence-electron chi connectivity index (χ2n) is 3.91. The van der Waals surface area contributed by atoms with Gasteiger partial charge in [0.15, 0.2) is 0 Å². The lowest BCUT2D eigenvalue weighted by molar-refractivity contribution is 0.0168. The molecule has 0 spiro atoms. The molecule has 0 amide bonds. The number of fused-ring (bicyclic) bond motifs is 1. The van der Waals surface area contributed by atoms with Gasteiger partial charge in [0.2, 0.25) is 0 Å². The lowest BCUT2D eigenvalue weighted by Crippen LogP contribution is -2.06. The third kappa shape index (κ3) is 3.49. The molecule has 0 radical (unpaired) electrons. The molecule has 0 bridgehead atoms. The van der Waals surface area contributed by atoms with Crippen LogP contribution in [0.15, 0.2) is 29.6 Å². The normalized spacial score (nSPS) is 13.3. The molecular weight excluding hydrogens is 322 g/mol. The van der Waals surface area contributed by atoms with Crippen LogP contribution < -0.4 is 0 Å². The Morgan fingerprint density at radius 2 is 2.06 bits per heavy atom. The van der Waals surface area contributed by atoms with Gasteiger partial charge in [-0.1, -0.05) is 34.1 Å². The average molecular weight is 335 g/mol. The molecule has 0 aliphatic carbocycles. The third-order valence-electron chi connectivity index (χ3n) is 2.61. The zero-order valence-corrected chi connectivity index (χ0v) is 12.0. The zero-order chi connectivity index (χ0) is 13.0. The minimum atomic E-state index is -2.39. The molecule has 1 heterocycles. The van der Waals surface area contributed by atoms with Crippen LogP contribution in [-0.2, 0) is 4.74 Å². The molecule has 0 aliphatic heterocycles. The SMILES string of the molecule is FC(F)COCCC(Br)c1csc2ccccc12. The Balaban J connectivity index is 1.94. The highest BCUT2D eigenvalue weighted by Gasteiger charge is 2.13. The molecule has 0 saturated heterocycles. The summed E-state index contributed by atoms with van der Waals surface area (Å²) in [7, 11) is 0. The summed E-state index contributed by atoms with van der Waals surface area (Å²) in [5.74, 6) is 0. The number of halogens is 3. The van der Waals surface area contributed by atoms with Crippen LogP contribution in [0.3, 0.4) is 0 Å². The molecule has 2 rings (SSSR count). The van der Waals surface area contributed by atoms with Crippen LogP contribution in [0.4, 0.5) is 8.78 Å². The molecule has 0 N–H and O–H groups in total. The van der Waals surface area contributed by atoms with Gasteiger partial charge < -0.3 is 4.74 Å². The van der Waals surface area contributed by atoms with Gasteiger partial charge in [0.05, 0.1) is 0 Å². The van der Waals surface area contributed by atoms with Gasteiger partial charge in [-0.05, 0) is 28.8 Å². The molecule has 1 atom stereocenters. The van der Waals surface area contributed by atoms with E-state index in [4.69, 9.17) is 4.74 Å². The quantitative estimate of drug-likeness (QED) is 0.533. The number of alkyl halides is 3. The van der Waals surface area contributed by atoms with Crippen LogP contribution in [0.2, 0.25) is 0 Å². The Morgan fingerprint density at radius 1 is 1.28 bits per heavy atom. The van der Waals surface area contributed by atoms with Gasteiger partial charge in [0.1, 0.15) is 6.61 Å². The van der Waals surface area contributed by atoms with Gasteiger partial charge in [-0.15, -0.1) is 11.3 Å². The standard InChI is InChI=1S/C13H13BrF2OS/c14-11(5-6-17-7-13(15)16)10-8-18-12-4-2-1-3-9(10)12/h1-4,8,11,13H,5-7H2. The van der Waals surface area contributed by atoms with Gasteiger partial charge >= 0.3 is 0 Å². The highest BCUT2D eigenvalue weighted by molar-refractivity contribution is 9.09. The van der Waals surface area contributed by atoms with Crippen molar-refractivity contribution in [1.82, 2.24) is 0 Å². The fraction of sp³-hybridized carbons (Fsp3) is 0.385. The second-order valence-corrected chi connectivity index (χ2v) is 5.93. The maximum Gasteiger partial charge on any atom is 0.261 e. The van der Waals surface area contributed by atoms with E-state index in [0.717, 1.165) is 0 Å². The Bertz CT molecular complexity index is 500. The van der Waals surface area contributed by atoms with E-state index in [-0.39, 0.29) is 4.83 Å². The first-order valence-electron chi connectivity index (χ1n) is 5.64. The predicted octanol–water partition coefficient (Wildman–Crippen LogP) is 5.01. The van der Waals surface area contributed by atoms with E-state index in [1.807, 2.05) is 12.1 Å². The minimum Gasteiger partial charge on any atom is -0.375 e. The summed E-state index contributed by atoms with van der Waals surface area (Å²) >= 11 is 5.29. The van der Waals surface area contributed by atoms with Crippen LogP contribution in [0, 0.1) is 0 Å². The fourth-order valence-corrected chi connectivity index (χ4v) is 3.51. The molecule has 0 saturated carbocycles. The van der Waals surface area contributed by atoms with E-state index >= 15 is 0 Å². The summed E-state index contributed by atoms with van der Waals surface area (Å²) in [5.41, 5.74) is 1.20. The monoisotopic (exact) mass is 334 g/mol. The van der Waals surface area contributed by atoms with Crippen molar-refractivity contribution in [2.45, 2.75) is 17.7 Å². The molecule has 1 nitrogen and oxygen atoms in total. The predicted molar refractivity (Wildman–Crippen MR) is 74.9 cm³/mol. The Hall–Kier alpha value is -0.520. The molecular formula is C13H13BrF2OS. The number of benzene rings is 1. The first-order valence-corrected chi connectivity index (χ1v) is 7.44. The van der Waals surface area contributed by atoms with Crippen molar-refractivity contribution in [2.24, 2.45) is 0 Å².